The van der Waals surface area contributed by atoms with Crippen molar-refractivity contribution in [3.63, 3.8) is 0 Å². The lowest BCUT2D eigenvalue weighted by atomic mass is 10.1. The van der Waals surface area contributed by atoms with Crippen molar-refractivity contribution in [2.24, 2.45) is 0 Å². The van der Waals surface area contributed by atoms with Gasteiger partial charge >= 0.3 is 6.18 Å². The Kier molecular flexibility index (Phi) is 4.16. The normalized spacial score (nSPS) is 18.1. The van der Waals surface area contributed by atoms with Crippen molar-refractivity contribution in [1.82, 2.24) is 14.1 Å². The van der Waals surface area contributed by atoms with Crippen LogP contribution in [0.3, 0.4) is 0 Å². The summed E-state index contributed by atoms with van der Waals surface area (Å²) in [6, 6.07) is 0.00651. The van der Waals surface area contributed by atoms with E-state index in [9.17, 15) is 21.6 Å². The number of halogens is 3. The van der Waals surface area contributed by atoms with Crippen molar-refractivity contribution in [3.8, 4) is 0 Å². The molecule has 21 heavy (non-hydrogen) atoms. The third-order valence-corrected chi connectivity index (χ3v) is 5.10. The van der Waals surface area contributed by atoms with Crippen LogP contribution in [-0.2, 0) is 10.0 Å². The fourth-order valence-corrected chi connectivity index (χ4v) is 3.33. The minimum atomic E-state index is -4.39. The SMILES string of the molecule is CC(C)n1cc(S(=O)(=O)N2CC=C(C(F)(F)F)CC2)cn1. The molecular formula is C12H16F3N3O2S. The minimum Gasteiger partial charge on any atom is -0.269 e. The van der Waals surface area contributed by atoms with Gasteiger partial charge in [-0.25, -0.2) is 8.42 Å². The summed E-state index contributed by atoms with van der Waals surface area (Å²) in [6.07, 6.45) is -1.19. The van der Waals surface area contributed by atoms with E-state index in [4.69, 9.17) is 0 Å². The highest BCUT2D eigenvalue weighted by Crippen LogP contribution is 2.31. The monoisotopic (exact) mass is 323 g/mol. The van der Waals surface area contributed by atoms with Crippen molar-refractivity contribution in [3.05, 3.63) is 24.0 Å². The molecular weight excluding hydrogens is 307 g/mol. The van der Waals surface area contributed by atoms with E-state index in [0.29, 0.717) is 0 Å². The summed E-state index contributed by atoms with van der Waals surface area (Å²) >= 11 is 0. The molecule has 1 aliphatic rings. The van der Waals surface area contributed by atoms with Gasteiger partial charge < -0.3 is 0 Å². The van der Waals surface area contributed by atoms with Gasteiger partial charge in [0.1, 0.15) is 4.90 Å². The van der Waals surface area contributed by atoms with E-state index in [-0.39, 0.29) is 30.4 Å². The number of hydrogen-bond donors (Lipinski definition) is 0. The van der Waals surface area contributed by atoms with Crippen LogP contribution < -0.4 is 0 Å². The molecule has 0 radical (unpaired) electrons. The van der Waals surface area contributed by atoms with Crippen LogP contribution in [0, 0.1) is 0 Å². The number of hydrogen-bond acceptors (Lipinski definition) is 3. The predicted molar refractivity (Wildman–Crippen MR) is 70.1 cm³/mol. The number of nitrogens with zero attached hydrogens (tertiary/aromatic N) is 3. The highest BCUT2D eigenvalue weighted by atomic mass is 32.2. The van der Waals surface area contributed by atoms with Gasteiger partial charge in [0.05, 0.1) is 6.20 Å². The molecule has 0 atom stereocenters. The van der Waals surface area contributed by atoms with Crippen molar-refractivity contribution in [2.75, 3.05) is 13.1 Å². The smallest absolute Gasteiger partial charge is 0.269 e. The summed E-state index contributed by atoms with van der Waals surface area (Å²) in [7, 11) is -3.81. The Balaban J connectivity index is 2.20. The fourth-order valence-electron chi connectivity index (χ4n) is 2.01. The topological polar surface area (TPSA) is 55.2 Å². The zero-order valence-corrected chi connectivity index (χ0v) is 12.4. The minimum absolute atomic E-state index is 0.0000543. The third kappa shape index (κ3) is 3.29. The van der Waals surface area contributed by atoms with E-state index in [0.717, 1.165) is 10.4 Å². The molecule has 0 saturated carbocycles. The predicted octanol–water partition coefficient (Wildman–Crippen LogP) is 2.35. The van der Waals surface area contributed by atoms with Gasteiger partial charge in [0.2, 0.25) is 10.0 Å². The van der Waals surface area contributed by atoms with E-state index in [1.807, 2.05) is 13.8 Å². The Labute approximate surface area is 121 Å². The van der Waals surface area contributed by atoms with Crippen molar-refractivity contribution >= 4 is 10.0 Å². The lowest BCUT2D eigenvalue weighted by Gasteiger charge is -2.26. The maximum atomic E-state index is 12.5. The maximum Gasteiger partial charge on any atom is 0.412 e. The number of aromatic nitrogens is 2. The van der Waals surface area contributed by atoms with E-state index >= 15 is 0 Å². The van der Waals surface area contributed by atoms with Crippen molar-refractivity contribution in [2.45, 2.75) is 37.4 Å². The molecule has 1 aromatic heterocycles. The van der Waals surface area contributed by atoms with Gasteiger partial charge in [-0.1, -0.05) is 6.08 Å². The molecule has 5 nitrogen and oxygen atoms in total. The van der Waals surface area contributed by atoms with Crippen LogP contribution in [0.1, 0.15) is 26.3 Å². The van der Waals surface area contributed by atoms with Crippen LogP contribution in [0.5, 0.6) is 0 Å². The first-order valence-electron chi connectivity index (χ1n) is 6.43. The zero-order chi connectivity index (χ0) is 15.8. The van der Waals surface area contributed by atoms with Gasteiger partial charge in [0.15, 0.2) is 0 Å². The standard InChI is InChI=1S/C12H16F3N3O2S/c1-9(2)18-8-11(7-16-18)21(19,20)17-5-3-10(4-6-17)12(13,14)15/h3,7-9H,4-6H2,1-2H3. The van der Waals surface area contributed by atoms with Crippen LogP contribution in [0.15, 0.2) is 28.9 Å². The first kappa shape index (κ1) is 16.0. The molecule has 0 bridgehead atoms. The van der Waals surface area contributed by atoms with E-state index in [1.54, 1.807) is 0 Å². The lowest BCUT2D eigenvalue weighted by molar-refractivity contribution is -0.0953. The van der Waals surface area contributed by atoms with Crippen LogP contribution >= 0.6 is 0 Å². The number of sulfonamides is 1. The highest BCUT2D eigenvalue weighted by Gasteiger charge is 2.37. The second-order valence-electron chi connectivity index (χ2n) is 5.09. The maximum absolute atomic E-state index is 12.5. The molecule has 0 spiro atoms. The summed E-state index contributed by atoms with van der Waals surface area (Å²) in [6.45, 7) is 3.25. The summed E-state index contributed by atoms with van der Waals surface area (Å²) in [5, 5.41) is 3.95. The molecule has 9 heteroatoms. The van der Waals surface area contributed by atoms with Gasteiger partial charge in [0, 0.05) is 30.9 Å². The van der Waals surface area contributed by atoms with Crippen LogP contribution in [0.25, 0.3) is 0 Å². The molecule has 1 aliphatic heterocycles. The molecule has 0 N–H and O–H groups in total. The second-order valence-corrected chi connectivity index (χ2v) is 7.03. The molecule has 0 amide bonds. The van der Waals surface area contributed by atoms with E-state index in [2.05, 4.69) is 5.10 Å². The zero-order valence-electron chi connectivity index (χ0n) is 11.6. The number of rotatable bonds is 3. The van der Waals surface area contributed by atoms with Gasteiger partial charge in [0.25, 0.3) is 0 Å². The van der Waals surface area contributed by atoms with Crippen molar-refractivity contribution in [1.29, 1.82) is 0 Å². The molecule has 0 unspecified atom stereocenters. The van der Waals surface area contributed by atoms with Gasteiger partial charge in [-0.2, -0.15) is 22.6 Å². The second kappa shape index (κ2) is 5.45. The third-order valence-electron chi connectivity index (χ3n) is 3.28. The van der Waals surface area contributed by atoms with E-state index in [1.165, 1.54) is 17.1 Å². The molecule has 2 rings (SSSR count). The van der Waals surface area contributed by atoms with E-state index < -0.39 is 21.8 Å². The molecule has 0 fully saturated rings. The highest BCUT2D eigenvalue weighted by molar-refractivity contribution is 7.89. The molecule has 2 heterocycles. The number of alkyl halides is 3. The molecule has 0 aliphatic carbocycles. The average Bonchev–Trinajstić information content (AvgIpc) is 2.88. The molecule has 1 aromatic rings. The molecule has 0 saturated heterocycles. The van der Waals surface area contributed by atoms with Crippen LogP contribution in [0.2, 0.25) is 0 Å². The fraction of sp³-hybridized carbons (Fsp3) is 0.583. The summed E-state index contributed by atoms with van der Waals surface area (Å²) in [4.78, 5) is 0.0000543. The Morgan fingerprint density at radius 3 is 2.43 bits per heavy atom. The Morgan fingerprint density at radius 2 is 2.00 bits per heavy atom. The van der Waals surface area contributed by atoms with Gasteiger partial charge in [-0.15, -0.1) is 0 Å². The lowest BCUT2D eigenvalue weighted by Crippen LogP contribution is -2.36. The molecule has 0 aromatic carbocycles. The Hall–Kier alpha value is -1.35. The van der Waals surface area contributed by atoms with Crippen LogP contribution in [-0.4, -0.2) is 41.8 Å². The first-order valence-corrected chi connectivity index (χ1v) is 7.87. The molecule has 118 valence electrons. The average molecular weight is 323 g/mol. The largest absolute Gasteiger partial charge is 0.412 e. The van der Waals surface area contributed by atoms with Gasteiger partial charge in [-0.3, -0.25) is 4.68 Å². The quantitative estimate of drug-likeness (QED) is 0.802. The summed E-state index contributed by atoms with van der Waals surface area (Å²) in [5.41, 5.74) is -0.674. The van der Waals surface area contributed by atoms with Crippen LogP contribution in [0.4, 0.5) is 13.2 Å². The summed E-state index contributed by atoms with van der Waals surface area (Å²) in [5.74, 6) is 0. The first-order chi connectivity index (χ1) is 9.62. The Morgan fingerprint density at radius 1 is 1.33 bits per heavy atom. The summed E-state index contributed by atoms with van der Waals surface area (Å²) < 4.78 is 64.8. The van der Waals surface area contributed by atoms with Crippen molar-refractivity contribution < 1.29 is 21.6 Å². The van der Waals surface area contributed by atoms with Gasteiger partial charge in [-0.05, 0) is 20.3 Å². The Bertz CT molecular complexity index is 647.